The van der Waals surface area contributed by atoms with E-state index in [4.69, 9.17) is 0 Å². The van der Waals surface area contributed by atoms with Crippen molar-refractivity contribution in [2.45, 2.75) is 0 Å². The van der Waals surface area contributed by atoms with Gasteiger partial charge in [-0.1, -0.05) is 0 Å². The third-order valence-electron chi connectivity index (χ3n) is 0.760. The van der Waals surface area contributed by atoms with Crippen molar-refractivity contribution in [2.24, 2.45) is 0 Å². The fourth-order valence-corrected chi connectivity index (χ4v) is 0.873. The zero-order chi connectivity index (χ0) is 6.69. The molecule has 47 valence electrons. The summed E-state index contributed by atoms with van der Waals surface area (Å²) in [4.78, 5) is 14.6. The van der Waals surface area contributed by atoms with E-state index in [0.29, 0.717) is 4.88 Å². The highest BCUT2D eigenvalue weighted by Crippen LogP contribution is 2.04. The quantitative estimate of drug-likeness (QED) is 0.542. The molecule has 0 aliphatic rings. The van der Waals surface area contributed by atoms with E-state index in [1.54, 1.807) is 0 Å². The molecule has 1 heterocycles. The SMILES string of the molecule is COC(=O)c1[c]ncs1. The van der Waals surface area contributed by atoms with E-state index in [9.17, 15) is 4.79 Å². The van der Waals surface area contributed by atoms with Crippen LogP contribution in [0.25, 0.3) is 0 Å². The molecule has 0 amide bonds. The van der Waals surface area contributed by atoms with Crippen molar-refractivity contribution < 1.29 is 9.53 Å². The minimum absolute atomic E-state index is 0.377. The van der Waals surface area contributed by atoms with Crippen LogP contribution in [-0.4, -0.2) is 18.1 Å². The van der Waals surface area contributed by atoms with Crippen LogP contribution in [0.3, 0.4) is 0 Å². The third-order valence-corrected chi connectivity index (χ3v) is 1.46. The highest BCUT2D eigenvalue weighted by molar-refractivity contribution is 7.11. The maximum atomic E-state index is 10.6. The summed E-state index contributed by atoms with van der Waals surface area (Å²) in [6.07, 6.45) is 2.48. The predicted molar refractivity (Wildman–Crippen MR) is 32.3 cm³/mol. The van der Waals surface area contributed by atoms with Crippen LogP contribution in [0, 0.1) is 6.20 Å². The fraction of sp³-hybridized carbons (Fsp3) is 0.200. The van der Waals surface area contributed by atoms with Crippen molar-refractivity contribution in [3.05, 3.63) is 16.6 Å². The molecule has 0 bridgehead atoms. The molecule has 3 nitrogen and oxygen atoms in total. The van der Waals surface area contributed by atoms with E-state index < -0.39 is 0 Å². The van der Waals surface area contributed by atoms with Crippen LogP contribution in [0.5, 0.6) is 0 Å². The van der Waals surface area contributed by atoms with Gasteiger partial charge in [0, 0.05) is 0 Å². The molecule has 0 atom stereocenters. The van der Waals surface area contributed by atoms with Gasteiger partial charge in [-0.3, -0.25) is 0 Å². The number of ether oxygens (including phenoxy) is 1. The Balaban J connectivity index is 2.77. The second kappa shape index (κ2) is 2.59. The van der Waals surface area contributed by atoms with Crippen molar-refractivity contribution >= 4 is 17.3 Å². The Hall–Kier alpha value is -0.900. The summed E-state index contributed by atoms with van der Waals surface area (Å²) in [5.41, 5.74) is 1.53. The highest BCUT2D eigenvalue weighted by Gasteiger charge is 2.05. The summed E-state index contributed by atoms with van der Waals surface area (Å²) < 4.78 is 4.39. The summed E-state index contributed by atoms with van der Waals surface area (Å²) in [6, 6.07) is 0. The lowest BCUT2D eigenvalue weighted by atomic mass is 10.6. The predicted octanol–water partition coefficient (Wildman–Crippen LogP) is 0.730. The van der Waals surface area contributed by atoms with Crippen molar-refractivity contribution in [2.75, 3.05) is 7.11 Å². The van der Waals surface area contributed by atoms with E-state index in [2.05, 4.69) is 15.9 Å². The summed E-state index contributed by atoms with van der Waals surface area (Å²) >= 11 is 1.21. The molecule has 0 aliphatic heterocycles. The number of rotatable bonds is 1. The summed E-state index contributed by atoms with van der Waals surface area (Å²) in [6.45, 7) is 0. The van der Waals surface area contributed by atoms with Crippen molar-refractivity contribution in [3.8, 4) is 0 Å². The molecule has 0 aromatic carbocycles. The van der Waals surface area contributed by atoms with Gasteiger partial charge in [-0.25, -0.2) is 9.78 Å². The molecule has 9 heavy (non-hydrogen) atoms. The average Bonchev–Trinajstić information content (AvgIpc) is 2.37. The van der Waals surface area contributed by atoms with Crippen LogP contribution in [0.1, 0.15) is 9.67 Å². The van der Waals surface area contributed by atoms with Crippen LogP contribution in [0.15, 0.2) is 5.51 Å². The first kappa shape index (κ1) is 6.22. The zero-order valence-electron chi connectivity index (χ0n) is 4.75. The summed E-state index contributed by atoms with van der Waals surface area (Å²) in [5.74, 6) is -0.377. The second-order valence-corrected chi connectivity index (χ2v) is 2.14. The molecule has 0 unspecified atom stereocenters. The minimum Gasteiger partial charge on any atom is -0.465 e. The second-order valence-electron chi connectivity index (χ2n) is 1.28. The van der Waals surface area contributed by atoms with Gasteiger partial charge in [-0.15, -0.1) is 11.3 Å². The Morgan fingerprint density at radius 3 is 3.22 bits per heavy atom. The van der Waals surface area contributed by atoms with E-state index in [1.165, 1.54) is 24.0 Å². The fourth-order valence-electron chi connectivity index (χ4n) is 0.377. The van der Waals surface area contributed by atoms with E-state index in [0.717, 1.165) is 0 Å². The first-order valence-corrected chi connectivity index (χ1v) is 3.12. The van der Waals surface area contributed by atoms with Gasteiger partial charge in [0.15, 0.2) is 0 Å². The van der Waals surface area contributed by atoms with E-state index >= 15 is 0 Å². The Labute approximate surface area is 56.3 Å². The van der Waals surface area contributed by atoms with Gasteiger partial charge in [0.1, 0.15) is 11.1 Å². The van der Waals surface area contributed by atoms with Gasteiger partial charge in [-0.2, -0.15) is 0 Å². The number of hydrogen-bond donors (Lipinski definition) is 0. The average molecular weight is 142 g/mol. The van der Waals surface area contributed by atoms with E-state index in [1.807, 2.05) is 0 Å². The molecular formula is C5H4NO2S. The first-order chi connectivity index (χ1) is 4.34. The molecule has 0 spiro atoms. The molecule has 0 saturated heterocycles. The smallest absolute Gasteiger partial charge is 0.350 e. The molecule has 0 N–H and O–H groups in total. The van der Waals surface area contributed by atoms with Gasteiger partial charge in [0.25, 0.3) is 0 Å². The Kier molecular flexibility index (Phi) is 1.79. The van der Waals surface area contributed by atoms with E-state index in [-0.39, 0.29) is 5.97 Å². The summed E-state index contributed by atoms with van der Waals surface area (Å²) in [7, 11) is 1.33. The first-order valence-electron chi connectivity index (χ1n) is 2.24. The van der Waals surface area contributed by atoms with Crippen molar-refractivity contribution in [3.63, 3.8) is 0 Å². The number of carbonyl (C=O) groups is 1. The number of thiazole rings is 1. The van der Waals surface area contributed by atoms with Crippen LogP contribution in [0.2, 0.25) is 0 Å². The minimum atomic E-state index is -0.377. The highest BCUT2D eigenvalue weighted by atomic mass is 32.1. The molecule has 0 saturated carbocycles. The molecule has 1 radical (unpaired) electrons. The van der Waals surface area contributed by atoms with Gasteiger partial charge >= 0.3 is 5.97 Å². The summed E-state index contributed by atoms with van der Waals surface area (Å²) in [5, 5.41) is 0. The normalized spacial score (nSPS) is 9.00. The Bertz CT molecular complexity index is 195. The number of carbonyl (C=O) groups excluding carboxylic acids is 1. The number of esters is 1. The van der Waals surface area contributed by atoms with Gasteiger partial charge in [0.05, 0.1) is 12.6 Å². The van der Waals surface area contributed by atoms with Crippen molar-refractivity contribution in [1.29, 1.82) is 0 Å². The molecule has 1 aromatic rings. The van der Waals surface area contributed by atoms with Gasteiger partial charge in [-0.05, 0) is 0 Å². The molecule has 0 aliphatic carbocycles. The molecule has 4 heteroatoms. The van der Waals surface area contributed by atoms with Crippen LogP contribution in [0.4, 0.5) is 0 Å². The van der Waals surface area contributed by atoms with Crippen LogP contribution >= 0.6 is 11.3 Å². The third kappa shape index (κ3) is 1.26. The molecule has 0 fully saturated rings. The number of hydrogen-bond acceptors (Lipinski definition) is 4. The Morgan fingerprint density at radius 1 is 2.00 bits per heavy atom. The molecule has 1 aromatic heterocycles. The number of nitrogens with zero attached hydrogens (tertiary/aromatic N) is 1. The number of methoxy groups -OCH3 is 1. The lowest BCUT2D eigenvalue weighted by molar-refractivity contribution is 0.0605. The number of aromatic nitrogens is 1. The largest absolute Gasteiger partial charge is 0.465 e. The van der Waals surface area contributed by atoms with Crippen molar-refractivity contribution in [1.82, 2.24) is 4.98 Å². The maximum Gasteiger partial charge on any atom is 0.350 e. The topological polar surface area (TPSA) is 39.2 Å². The van der Waals surface area contributed by atoms with Crippen LogP contribution < -0.4 is 0 Å². The maximum absolute atomic E-state index is 10.6. The monoisotopic (exact) mass is 142 g/mol. The molecule has 1 rings (SSSR count). The Morgan fingerprint density at radius 2 is 2.78 bits per heavy atom. The van der Waals surface area contributed by atoms with Crippen LogP contribution in [-0.2, 0) is 4.74 Å². The standard InChI is InChI=1S/C5H4NO2S/c1-8-5(7)4-2-6-3-9-4/h3H,1H3. The molecular weight excluding hydrogens is 138 g/mol. The van der Waals surface area contributed by atoms with Gasteiger partial charge in [0.2, 0.25) is 0 Å². The lowest BCUT2D eigenvalue weighted by Crippen LogP contribution is -1.97. The lowest BCUT2D eigenvalue weighted by Gasteiger charge is -1.88. The van der Waals surface area contributed by atoms with Gasteiger partial charge < -0.3 is 4.74 Å². The zero-order valence-corrected chi connectivity index (χ0v) is 5.57.